The molecule has 0 aliphatic carbocycles. The van der Waals surface area contributed by atoms with E-state index < -0.39 is 0 Å². The van der Waals surface area contributed by atoms with Gasteiger partial charge in [0.1, 0.15) is 0 Å². The summed E-state index contributed by atoms with van der Waals surface area (Å²) in [6.07, 6.45) is 3.01. The zero-order valence-electron chi connectivity index (χ0n) is 8.35. The van der Waals surface area contributed by atoms with Crippen molar-refractivity contribution in [2.45, 2.75) is 0 Å². The monoisotopic (exact) mass is 306 g/mol. The van der Waals surface area contributed by atoms with Crippen LogP contribution in [0.4, 0.5) is 5.69 Å². The smallest absolute Gasteiger partial charge is 0.0824 e. The van der Waals surface area contributed by atoms with Crippen LogP contribution >= 0.6 is 46.4 Å². The lowest BCUT2D eigenvalue weighted by molar-refractivity contribution is 1.33. The van der Waals surface area contributed by atoms with E-state index in [1.807, 2.05) is 0 Å². The number of hydrogen-bond donors (Lipinski definition) is 1. The van der Waals surface area contributed by atoms with Gasteiger partial charge in [-0.3, -0.25) is 4.98 Å². The highest BCUT2D eigenvalue weighted by atomic mass is 35.5. The zero-order valence-corrected chi connectivity index (χ0v) is 11.4. The Kier molecular flexibility index (Phi) is 3.69. The third kappa shape index (κ3) is 2.45. The normalized spacial score (nSPS) is 10.6. The molecule has 0 amide bonds. The van der Waals surface area contributed by atoms with Crippen LogP contribution in [0.5, 0.6) is 0 Å². The number of nitrogens with two attached hydrogens (primary N) is 1. The van der Waals surface area contributed by atoms with Crippen molar-refractivity contribution in [3.8, 4) is 11.1 Å². The minimum atomic E-state index is 0.351. The Labute approximate surface area is 118 Å². The van der Waals surface area contributed by atoms with Gasteiger partial charge in [-0.2, -0.15) is 0 Å². The number of rotatable bonds is 1. The summed E-state index contributed by atoms with van der Waals surface area (Å²) in [7, 11) is 0. The van der Waals surface area contributed by atoms with Crippen LogP contribution in [0.15, 0.2) is 24.5 Å². The molecule has 2 rings (SSSR count). The Hall–Kier alpha value is -0.670. The Morgan fingerprint density at radius 3 is 2.06 bits per heavy atom. The van der Waals surface area contributed by atoms with Gasteiger partial charge in [0.05, 0.1) is 20.8 Å². The molecule has 17 heavy (non-hydrogen) atoms. The molecule has 0 spiro atoms. The topological polar surface area (TPSA) is 38.9 Å². The standard InChI is InChI=1S/C11H6Cl4N2/c12-5-1-7(13)10(8(14)2-5)6-3-17-4-9(15)11(6)16/h1-4H,(H2,16,17). The van der Waals surface area contributed by atoms with E-state index in [9.17, 15) is 0 Å². The van der Waals surface area contributed by atoms with Gasteiger partial charge in [0.2, 0.25) is 0 Å². The number of anilines is 1. The molecule has 0 aliphatic rings. The van der Waals surface area contributed by atoms with E-state index in [-0.39, 0.29) is 0 Å². The molecule has 0 unspecified atom stereocenters. The Balaban J connectivity index is 2.73. The second-order valence-corrected chi connectivity index (χ2v) is 4.99. The summed E-state index contributed by atoms with van der Waals surface area (Å²) in [6, 6.07) is 3.18. The molecular formula is C11H6Cl4N2. The van der Waals surface area contributed by atoms with E-state index in [0.29, 0.717) is 36.9 Å². The largest absolute Gasteiger partial charge is 0.397 e. The summed E-state index contributed by atoms with van der Waals surface area (Å²) in [5.74, 6) is 0. The number of nitrogens with zero attached hydrogens (tertiary/aromatic N) is 1. The van der Waals surface area contributed by atoms with Crippen LogP contribution in [0.1, 0.15) is 0 Å². The van der Waals surface area contributed by atoms with Crippen molar-refractivity contribution >= 4 is 52.1 Å². The number of halogens is 4. The fourth-order valence-corrected chi connectivity index (χ4v) is 2.62. The van der Waals surface area contributed by atoms with Crippen molar-refractivity contribution in [1.82, 2.24) is 4.98 Å². The van der Waals surface area contributed by atoms with E-state index in [2.05, 4.69) is 4.98 Å². The Morgan fingerprint density at radius 1 is 0.882 bits per heavy atom. The molecule has 1 aromatic heterocycles. The molecule has 0 bridgehead atoms. The lowest BCUT2D eigenvalue weighted by atomic mass is 10.1. The molecule has 1 heterocycles. The van der Waals surface area contributed by atoms with Gasteiger partial charge in [-0.1, -0.05) is 46.4 Å². The van der Waals surface area contributed by atoms with Gasteiger partial charge in [0.15, 0.2) is 0 Å². The van der Waals surface area contributed by atoms with Crippen LogP contribution in [-0.2, 0) is 0 Å². The maximum atomic E-state index is 6.10. The van der Waals surface area contributed by atoms with Gasteiger partial charge < -0.3 is 5.73 Å². The van der Waals surface area contributed by atoms with Crippen LogP contribution in [0, 0.1) is 0 Å². The van der Waals surface area contributed by atoms with E-state index in [0.717, 1.165) is 0 Å². The van der Waals surface area contributed by atoms with Crippen molar-refractivity contribution in [2.75, 3.05) is 5.73 Å². The number of benzene rings is 1. The highest BCUT2D eigenvalue weighted by Gasteiger charge is 2.14. The molecule has 2 N–H and O–H groups in total. The summed E-state index contributed by atoms with van der Waals surface area (Å²) in [6.45, 7) is 0. The van der Waals surface area contributed by atoms with Crippen LogP contribution in [-0.4, -0.2) is 4.98 Å². The molecule has 0 saturated heterocycles. The fraction of sp³-hybridized carbons (Fsp3) is 0. The average molecular weight is 308 g/mol. The minimum Gasteiger partial charge on any atom is -0.397 e. The molecule has 0 saturated carbocycles. The number of nitrogen functional groups attached to an aromatic ring is 1. The fourth-order valence-electron chi connectivity index (χ4n) is 1.44. The quantitative estimate of drug-likeness (QED) is 0.810. The first-order chi connectivity index (χ1) is 8.00. The van der Waals surface area contributed by atoms with Crippen molar-refractivity contribution in [1.29, 1.82) is 0 Å². The molecule has 88 valence electrons. The molecule has 2 aromatic rings. The zero-order chi connectivity index (χ0) is 12.6. The highest BCUT2D eigenvalue weighted by Crippen LogP contribution is 2.40. The molecule has 0 aliphatic heterocycles. The van der Waals surface area contributed by atoms with Gasteiger partial charge in [-0.25, -0.2) is 0 Å². The lowest BCUT2D eigenvalue weighted by Crippen LogP contribution is -1.94. The van der Waals surface area contributed by atoms with E-state index in [1.54, 1.807) is 18.3 Å². The molecule has 1 aromatic carbocycles. The number of aromatic nitrogens is 1. The third-order valence-corrected chi connectivity index (χ3v) is 3.33. The maximum absolute atomic E-state index is 6.10. The van der Waals surface area contributed by atoms with Crippen molar-refractivity contribution in [3.63, 3.8) is 0 Å². The predicted molar refractivity (Wildman–Crippen MR) is 74.1 cm³/mol. The summed E-state index contributed by atoms with van der Waals surface area (Å²) in [4.78, 5) is 3.96. The SMILES string of the molecule is Nc1c(Cl)cncc1-c1c(Cl)cc(Cl)cc1Cl. The second kappa shape index (κ2) is 4.91. The number of pyridine rings is 1. The van der Waals surface area contributed by atoms with Crippen LogP contribution in [0.25, 0.3) is 11.1 Å². The Bertz CT molecular complexity index is 561. The van der Waals surface area contributed by atoms with Gasteiger partial charge in [0, 0.05) is 28.5 Å². The van der Waals surface area contributed by atoms with Gasteiger partial charge >= 0.3 is 0 Å². The molecule has 0 fully saturated rings. The summed E-state index contributed by atoms with van der Waals surface area (Å²) >= 11 is 23.9. The molecule has 0 radical (unpaired) electrons. The van der Waals surface area contributed by atoms with Crippen molar-refractivity contribution in [2.24, 2.45) is 0 Å². The summed E-state index contributed by atoms with van der Waals surface area (Å²) < 4.78 is 0. The van der Waals surface area contributed by atoms with Gasteiger partial charge in [0.25, 0.3) is 0 Å². The highest BCUT2D eigenvalue weighted by molar-refractivity contribution is 6.42. The number of hydrogen-bond acceptors (Lipinski definition) is 2. The first-order valence-corrected chi connectivity index (χ1v) is 6.05. The van der Waals surface area contributed by atoms with Crippen molar-refractivity contribution < 1.29 is 0 Å². The van der Waals surface area contributed by atoms with Crippen LogP contribution < -0.4 is 5.73 Å². The molecule has 6 heteroatoms. The summed E-state index contributed by atoms with van der Waals surface area (Å²) in [5, 5.41) is 1.61. The van der Waals surface area contributed by atoms with E-state index in [1.165, 1.54) is 6.20 Å². The molecule has 2 nitrogen and oxygen atoms in total. The third-order valence-electron chi connectivity index (χ3n) is 2.22. The predicted octanol–water partition coefficient (Wildman–Crippen LogP) is 4.94. The Morgan fingerprint density at radius 2 is 1.47 bits per heavy atom. The maximum Gasteiger partial charge on any atom is 0.0824 e. The second-order valence-electron chi connectivity index (χ2n) is 3.33. The van der Waals surface area contributed by atoms with Crippen molar-refractivity contribution in [3.05, 3.63) is 44.6 Å². The summed E-state index contributed by atoms with van der Waals surface area (Å²) in [5.41, 5.74) is 7.41. The molecular weight excluding hydrogens is 302 g/mol. The first kappa shape index (κ1) is 12.8. The average Bonchev–Trinajstić information content (AvgIpc) is 2.23. The lowest BCUT2D eigenvalue weighted by Gasteiger charge is -2.10. The molecule has 0 atom stereocenters. The van der Waals surface area contributed by atoms with E-state index in [4.69, 9.17) is 52.1 Å². The minimum absolute atomic E-state index is 0.351. The van der Waals surface area contributed by atoms with E-state index >= 15 is 0 Å². The van der Waals surface area contributed by atoms with Gasteiger partial charge in [-0.15, -0.1) is 0 Å². The van der Waals surface area contributed by atoms with Crippen LogP contribution in [0.2, 0.25) is 20.1 Å². The first-order valence-electron chi connectivity index (χ1n) is 4.54. The van der Waals surface area contributed by atoms with Gasteiger partial charge in [-0.05, 0) is 12.1 Å². The van der Waals surface area contributed by atoms with Crippen LogP contribution in [0.3, 0.4) is 0 Å².